The van der Waals surface area contributed by atoms with Crippen molar-refractivity contribution in [2.75, 3.05) is 5.32 Å². The Labute approximate surface area is 120 Å². The van der Waals surface area contributed by atoms with Gasteiger partial charge in [-0.05, 0) is 17.7 Å². The standard InChI is InChI=1S/C15H12N4O2/c20-19(21)13-10-17-12-7-4-8-16-14(12)15(13)18-9-11-5-2-1-3-6-11/h1-8,10H,9H2,(H,17,18). The summed E-state index contributed by atoms with van der Waals surface area (Å²) in [5, 5.41) is 14.3. The zero-order valence-electron chi connectivity index (χ0n) is 11.1. The number of nitro groups is 1. The molecule has 0 spiro atoms. The van der Waals surface area contributed by atoms with E-state index in [0.29, 0.717) is 23.3 Å². The quantitative estimate of drug-likeness (QED) is 0.586. The van der Waals surface area contributed by atoms with E-state index in [0.717, 1.165) is 5.56 Å². The molecule has 3 aromatic rings. The summed E-state index contributed by atoms with van der Waals surface area (Å²) in [5.74, 6) is 0. The van der Waals surface area contributed by atoms with Gasteiger partial charge in [0.15, 0.2) is 0 Å². The van der Waals surface area contributed by atoms with Crippen molar-refractivity contribution in [1.82, 2.24) is 9.97 Å². The Hall–Kier alpha value is -3.02. The smallest absolute Gasteiger partial charge is 0.312 e. The molecule has 1 N–H and O–H groups in total. The fraction of sp³-hybridized carbons (Fsp3) is 0.0667. The average Bonchev–Trinajstić information content (AvgIpc) is 2.53. The minimum atomic E-state index is -0.450. The maximum absolute atomic E-state index is 11.2. The first-order chi connectivity index (χ1) is 10.3. The highest BCUT2D eigenvalue weighted by Crippen LogP contribution is 2.30. The van der Waals surface area contributed by atoms with Gasteiger partial charge in [-0.25, -0.2) is 4.98 Å². The number of anilines is 1. The van der Waals surface area contributed by atoms with Crippen molar-refractivity contribution in [2.24, 2.45) is 0 Å². The number of rotatable bonds is 4. The number of hydrogen-bond donors (Lipinski definition) is 1. The molecule has 0 saturated heterocycles. The molecule has 21 heavy (non-hydrogen) atoms. The topological polar surface area (TPSA) is 81.0 Å². The predicted octanol–water partition coefficient (Wildman–Crippen LogP) is 3.15. The molecule has 0 atom stereocenters. The maximum atomic E-state index is 11.2. The van der Waals surface area contributed by atoms with Crippen LogP contribution >= 0.6 is 0 Å². The Morgan fingerprint density at radius 2 is 1.90 bits per heavy atom. The van der Waals surface area contributed by atoms with E-state index in [4.69, 9.17) is 0 Å². The van der Waals surface area contributed by atoms with E-state index in [9.17, 15) is 10.1 Å². The SMILES string of the molecule is O=[N+]([O-])c1cnc2cccnc2c1NCc1ccccc1. The summed E-state index contributed by atoms with van der Waals surface area (Å²) < 4.78 is 0. The molecule has 0 aliphatic heterocycles. The van der Waals surface area contributed by atoms with E-state index in [-0.39, 0.29) is 5.69 Å². The number of nitrogens with one attached hydrogen (secondary N) is 1. The van der Waals surface area contributed by atoms with Gasteiger partial charge in [0, 0.05) is 12.7 Å². The second-order valence-electron chi connectivity index (χ2n) is 4.49. The second kappa shape index (κ2) is 5.54. The van der Waals surface area contributed by atoms with Gasteiger partial charge in [-0.15, -0.1) is 0 Å². The van der Waals surface area contributed by atoms with E-state index in [1.165, 1.54) is 6.20 Å². The van der Waals surface area contributed by atoms with Crippen LogP contribution in [0.25, 0.3) is 11.0 Å². The highest BCUT2D eigenvalue weighted by Gasteiger charge is 2.18. The third-order valence-electron chi connectivity index (χ3n) is 3.11. The zero-order chi connectivity index (χ0) is 14.7. The van der Waals surface area contributed by atoms with E-state index in [1.807, 2.05) is 30.3 Å². The fourth-order valence-corrected chi connectivity index (χ4v) is 2.11. The predicted molar refractivity (Wildman–Crippen MR) is 80.0 cm³/mol. The van der Waals surface area contributed by atoms with Crippen molar-refractivity contribution in [1.29, 1.82) is 0 Å². The van der Waals surface area contributed by atoms with Gasteiger partial charge in [-0.3, -0.25) is 15.1 Å². The van der Waals surface area contributed by atoms with Gasteiger partial charge in [0.2, 0.25) is 0 Å². The molecular formula is C15H12N4O2. The lowest BCUT2D eigenvalue weighted by molar-refractivity contribution is -0.384. The monoisotopic (exact) mass is 280 g/mol. The number of nitrogens with zero attached hydrogens (tertiary/aromatic N) is 3. The molecule has 0 bridgehead atoms. The molecule has 6 heteroatoms. The molecule has 104 valence electrons. The Kier molecular flexibility index (Phi) is 3.42. The van der Waals surface area contributed by atoms with Gasteiger partial charge >= 0.3 is 5.69 Å². The number of hydrogen-bond acceptors (Lipinski definition) is 5. The van der Waals surface area contributed by atoms with Crippen LogP contribution in [-0.4, -0.2) is 14.9 Å². The number of pyridine rings is 2. The summed E-state index contributed by atoms with van der Waals surface area (Å²) in [6.07, 6.45) is 2.86. The van der Waals surface area contributed by atoms with Crippen molar-refractivity contribution in [3.05, 3.63) is 70.5 Å². The van der Waals surface area contributed by atoms with Gasteiger partial charge in [-0.1, -0.05) is 30.3 Å². The highest BCUT2D eigenvalue weighted by atomic mass is 16.6. The molecule has 2 aromatic heterocycles. The van der Waals surface area contributed by atoms with Crippen LogP contribution in [0.5, 0.6) is 0 Å². The molecule has 0 unspecified atom stereocenters. The van der Waals surface area contributed by atoms with E-state index in [2.05, 4.69) is 15.3 Å². The third kappa shape index (κ3) is 2.64. The van der Waals surface area contributed by atoms with Crippen LogP contribution in [-0.2, 0) is 6.54 Å². The van der Waals surface area contributed by atoms with Crippen LogP contribution in [0.4, 0.5) is 11.4 Å². The summed E-state index contributed by atoms with van der Waals surface area (Å²) in [5.41, 5.74) is 2.49. The molecule has 0 aliphatic carbocycles. The van der Waals surface area contributed by atoms with Crippen LogP contribution in [0.1, 0.15) is 5.56 Å². The Morgan fingerprint density at radius 1 is 1.10 bits per heavy atom. The normalized spacial score (nSPS) is 10.5. The largest absolute Gasteiger partial charge is 0.374 e. The summed E-state index contributed by atoms with van der Waals surface area (Å²) in [6.45, 7) is 0.483. The first-order valence-electron chi connectivity index (χ1n) is 6.41. The molecule has 3 rings (SSSR count). The molecular weight excluding hydrogens is 268 g/mol. The van der Waals surface area contributed by atoms with Gasteiger partial charge in [0.05, 0.1) is 10.4 Å². The first kappa shape index (κ1) is 13.0. The van der Waals surface area contributed by atoms with E-state index in [1.54, 1.807) is 18.3 Å². The summed E-state index contributed by atoms with van der Waals surface area (Å²) >= 11 is 0. The molecule has 0 saturated carbocycles. The van der Waals surface area contributed by atoms with Gasteiger partial charge in [0.1, 0.15) is 17.4 Å². The Balaban J connectivity index is 2.02. The van der Waals surface area contributed by atoms with Crippen molar-refractivity contribution in [2.45, 2.75) is 6.54 Å². The Bertz CT molecular complexity index is 790. The molecule has 0 fully saturated rings. The van der Waals surface area contributed by atoms with Gasteiger partial charge in [-0.2, -0.15) is 0 Å². The summed E-state index contributed by atoms with van der Waals surface area (Å²) in [6, 6.07) is 13.2. The molecule has 2 heterocycles. The molecule has 0 aliphatic rings. The van der Waals surface area contributed by atoms with Crippen molar-refractivity contribution in [3.8, 4) is 0 Å². The van der Waals surface area contributed by atoms with Crippen LogP contribution < -0.4 is 5.32 Å². The van der Waals surface area contributed by atoms with Crippen molar-refractivity contribution < 1.29 is 4.92 Å². The van der Waals surface area contributed by atoms with Gasteiger partial charge < -0.3 is 5.32 Å². The molecule has 6 nitrogen and oxygen atoms in total. The lowest BCUT2D eigenvalue weighted by Gasteiger charge is -2.09. The highest BCUT2D eigenvalue weighted by molar-refractivity contribution is 5.92. The minimum absolute atomic E-state index is 0.0721. The molecule has 0 amide bonds. The lowest BCUT2D eigenvalue weighted by Crippen LogP contribution is -2.04. The second-order valence-corrected chi connectivity index (χ2v) is 4.49. The average molecular weight is 280 g/mol. The zero-order valence-corrected chi connectivity index (χ0v) is 11.1. The van der Waals surface area contributed by atoms with Crippen molar-refractivity contribution in [3.63, 3.8) is 0 Å². The van der Waals surface area contributed by atoms with Crippen LogP contribution in [0, 0.1) is 10.1 Å². The fourth-order valence-electron chi connectivity index (χ4n) is 2.11. The van der Waals surface area contributed by atoms with E-state index < -0.39 is 4.92 Å². The third-order valence-corrected chi connectivity index (χ3v) is 3.11. The number of aromatic nitrogens is 2. The maximum Gasteiger partial charge on any atom is 0.312 e. The number of fused-ring (bicyclic) bond motifs is 1. The lowest BCUT2D eigenvalue weighted by atomic mass is 10.2. The van der Waals surface area contributed by atoms with Crippen LogP contribution in [0.15, 0.2) is 54.9 Å². The molecule has 1 aromatic carbocycles. The minimum Gasteiger partial charge on any atom is -0.374 e. The van der Waals surface area contributed by atoms with E-state index >= 15 is 0 Å². The summed E-state index contributed by atoms with van der Waals surface area (Å²) in [4.78, 5) is 19.0. The number of benzene rings is 1. The summed E-state index contributed by atoms with van der Waals surface area (Å²) in [7, 11) is 0. The van der Waals surface area contributed by atoms with Crippen LogP contribution in [0.2, 0.25) is 0 Å². The van der Waals surface area contributed by atoms with Gasteiger partial charge in [0.25, 0.3) is 0 Å². The molecule has 0 radical (unpaired) electrons. The Morgan fingerprint density at radius 3 is 2.67 bits per heavy atom. The van der Waals surface area contributed by atoms with Crippen molar-refractivity contribution >= 4 is 22.4 Å². The first-order valence-corrected chi connectivity index (χ1v) is 6.41. The van der Waals surface area contributed by atoms with Crippen LogP contribution in [0.3, 0.4) is 0 Å².